The van der Waals surface area contributed by atoms with Gasteiger partial charge in [-0.2, -0.15) is 0 Å². The predicted molar refractivity (Wildman–Crippen MR) is 294 cm³/mol. The van der Waals surface area contributed by atoms with Crippen LogP contribution in [0.3, 0.4) is 0 Å². The third-order valence-electron chi connectivity index (χ3n) is 8.27. The van der Waals surface area contributed by atoms with E-state index in [0.29, 0.717) is 0 Å². The van der Waals surface area contributed by atoms with Crippen LogP contribution in [-0.4, -0.2) is 0 Å². The molecule has 6 aromatic carbocycles. The number of benzene rings is 6. The maximum atomic E-state index is 2.40. The number of hydrogen-bond acceptors (Lipinski definition) is 1. The normalized spacial score (nSPS) is 9.42. The van der Waals surface area contributed by atoms with E-state index < -0.39 is 0 Å². The van der Waals surface area contributed by atoms with Gasteiger partial charge in [-0.25, -0.2) is 0 Å². The fraction of sp³-hybridized carbons (Fsp3) is 0.410. The zero-order valence-corrected chi connectivity index (χ0v) is 44.9. The summed E-state index contributed by atoms with van der Waals surface area (Å²) in [5.74, 6) is 0. The number of anilines is 3. The van der Waals surface area contributed by atoms with Crippen LogP contribution in [0.25, 0.3) is 22.3 Å². The third-order valence-corrected chi connectivity index (χ3v) is 8.27. The lowest BCUT2D eigenvalue weighted by molar-refractivity contribution is 0.794. The van der Waals surface area contributed by atoms with Gasteiger partial charge in [0.05, 0.1) is 11.1 Å². The Labute approximate surface area is 388 Å². The van der Waals surface area contributed by atoms with Crippen molar-refractivity contribution < 1.29 is 0 Å². The maximum Gasteiger partial charge on any atom is 0.0726 e. The number of para-hydroxylation sites is 2. The molecule has 2 aliphatic carbocycles. The summed E-state index contributed by atoms with van der Waals surface area (Å²) in [6.45, 7) is 48.0. The fourth-order valence-corrected chi connectivity index (χ4v) is 6.89. The van der Waals surface area contributed by atoms with E-state index >= 15 is 0 Å². The van der Waals surface area contributed by atoms with E-state index in [2.05, 4.69) is 157 Å². The lowest BCUT2D eigenvalue weighted by Crippen LogP contribution is -2.26. The Kier molecular flexibility index (Phi) is 47.2. The Morgan fingerprint density at radius 3 is 0.839 bits per heavy atom. The lowest BCUT2D eigenvalue weighted by atomic mass is 9.70. The van der Waals surface area contributed by atoms with Crippen molar-refractivity contribution in [3.8, 4) is 22.3 Å². The van der Waals surface area contributed by atoms with Gasteiger partial charge in [0.25, 0.3) is 0 Å². The minimum atomic E-state index is -0.339. The zero-order valence-electron chi connectivity index (χ0n) is 44.9. The van der Waals surface area contributed by atoms with Gasteiger partial charge in [0.1, 0.15) is 0 Å². The molecule has 0 saturated heterocycles. The highest BCUT2D eigenvalue weighted by molar-refractivity contribution is 6.00. The number of rotatable bonds is 3. The van der Waals surface area contributed by atoms with Crippen LogP contribution >= 0.6 is 0 Å². The van der Waals surface area contributed by atoms with Gasteiger partial charge in [0.2, 0.25) is 0 Å². The summed E-state index contributed by atoms with van der Waals surface area (Å²) >= 11 is 0. The van der Waals surface area contributed by atoms with Crippen LogP contribution in [0, 0.1) is 0 Å². The van der Waals surface area contributed by atoms with E-state index in [9.17, 15) is 0 Å². The molecule has 8 rings (SSSR count). The molecule has 1 spiro atoms. The van der Waals surface area contributed by atoms with Crippen LogP contribution < -0.4 is 4.90 Å². The quantitative estimate of drug-likeness (QED) is 0.171. The topological polar surface area (TPSA) is 3.24 Å². The lowest BCUT2D eigenvalue weighted by Gasteiger charge is -2.31. The molecule has 0 aromatic heterocycles. The van der Waals surface area contributed by atoms with Gasteiger partial charge in [-0.15, -0.1) is 0 Å². The Morgan fingerprint density at radius 1 is 0.242 bits per heavy atom. The van der Waals surface area contributed by atoms with E-state index in [0.717, 1.165) is 11.4 Å². The molecule has 0 unspecified atom stereocenters. The average molecular weight is 844 g/mol. The van der Waals surface area contributed by atoms with Crippen LogP contribution in [0.1, 0.15) is 188 Å². The Bertz CT molecular complexity index is 1730. The molecule has 62 heavy (non-hydrogen) atoms. The first-order valence-electron chi connectivity index (χ1n) is 25.2. The van der Waals surface area contributed by atoms with Gasteiger partial charge in [-0.05, 0) is 69.3 Å². The molecular formula is C61H97N. The van der Waals surface area contributed by atoms with Gasteiger partial charge < -0.3 is 4.90 Å². The first-order chi connectivity index (χ1) is 30.9. The molecule has 1 heteroatoms. The molecule has 0 amide bonds. The molecule has 6 aromatic rings. The summed E-state index contributed by atoms with van der Waals surface area (Å²) in [6.07, 6.45) is 0. The third kappa shape index (κ3) is 15.5. The van der Waals surface area contributed by atoms with E-state index in [1.54, 1.807) is 0 Å². The van der Waals surface area contributed by atoms with Crippen LogP contribution in [0.5, 0.6) is 0 Å². The van der Waals surface area contributed by atoms with Crippen LogP contribution in [0.4, 0.5) is 17.1 Å². The summed E-state index contributed by atoms with van der Waals surface area (Å²) in [4.78, 5) is 2.40. The molecule has 0 atom stereocenters. The minimum absolute atomic E-state index is 0.339. The molecule has 0 fully saturated rings. The van der Waals surface area contributed by atoms with Crippen molar-refractivity contribution in [2.24, 2.45) is 0 Å². The molecule has 1 nitrogen and oxygen atoms in total. The van der Waals surface area contributed by atoms with Crippen molar-refractivity contribution in [3.63, 3.8) is 0 Å². The van der Waals surface area contributed by atoms with Gasteiger partial charge in [0.15, 0.2) is 0 Å². The van der Waals surface area contributed by atoms with E-state index in [1.807, 2.05) is 166 Å². The summed E-state index contributed by atoms with van der Waals surface area (Å²) in [5, 5.41) is 0. The Balaban J connectivity index is -0.000000394. The second-order valence-electron chi connectivity index (χ2n) is 10.1. The van der Waals surface area contributed by atoms with Gasteiger partial charge in [0, 0.05) is 16.9 Å². The number of hydrogen-bond donors (Lipinski definition) is 0. The van der Waals surface area contributed by atoms with Crippen molar-refractivity contribution in [2.75, 3.05) is 4.90 Å². The van der Waals surface area contributed by atoms with Gasteiger partial charge in [-0.3, -0.25) is 0 Å². The maximum absolute atomic E-state index is 2.40. The molecule has 346 valence electrons. The predicted octanol–water partition coefficient (Wildman–Crippen LogP) is 21.8. The summed E-state index contributed by atoms with van der Waals surface area (Å²) in [5.41, 5.74) is 13.9. The van der Waals surface area contributed by atoms with Crippen molar-refractivity contribution in [3.05, 3.63) is 174 Å². The van der Waals surface area contributed by atoms with Gasteiger partial charge >= 0.3 is 0 Å². The molecule has 0 radical (unpaired) electrons. The van der Waals surface area contributed by atoms with Crippen molar-refractivity contribution >= 4 is 17.1 Å². The highest BCUT2D eigenvalue weighted by Gasteiger charge is 2.52. The molecule has 0 bridgehead atoms. The zero-order chi connectivity index (χ0) is 49.1. The standard InChI is InChI=1S/C37H25N.12C2H6/c1-3-14-26(15-4-1)38(27-16-5-2-6-17-27)35-25-13-24-34-36(35)30-20-9-12-23-33(30)37(34)31-21-10-7-18-28(31)29-19-8-11-22-32(29)37;12*1-2/h1-25H;12*1-2H3. The second-order valence-corrected chi connectivity index (χ2v) is 10.1. The Morgan fingerprint density at radius 2 is 0.500 bits per heavy atom. The summed E-state index contributed by atoms with van der Waals surface area (Å²) < 4.78 is 0. The number of fused-ring (bicyclic) bond motifs is 10. The van der Waals surface area contributed by atoms with E-state index in [1.165, 1.54) is 50.2 Å². The first kappa shape index (κ1) is 66.2. The monoisotopic (exact) mass is 844 g/mol. The summed E-state index contributed by atoms with van der Waals surface area (Å²) in [7, 11) is 0. The molecule has 2 aliphatic rings. The summed E-state index contributed by atoms with van der Waals surface area (Å²) in [6, 6.07) is 55.3. The van der Waals surface area contributed by atoms with E-state index in [-0.39, 0.29) is 5.41 Å². The SMILES string of the molecule is CC.CC.CC.CC.CC.CC.CC.CC.CC.CC.CC.CC.c1ccc(N(c2ccccc2)c2cccc3c2-c2ccccc2C32c3ccccc3-c3ccccc32)cc1. The minimum Gasteiger partial charge on any atom is -0.310 e. The highest BCUT2D eigenvalue weighted by Crippen LogP contribution is 2.64. The molecule has 0 heterocycles. The van der Waals surface area contributed by atoms with Crippen molar-refractivity contribution in [1.29, 1.82) is 0 Å². The fourth-order valence-electron chi connectivity index (χ4n) is 6.89. The average Bonchev–Trinajstić information content (AvgIpc) is 3.90. The van der Waals surface area contributed by atoms with Crippen molar-refractivity contribution in [2.45, 2.75) is 172 Å². The number of nitrogens with zero attached hydrogens (tertiary/aromatic N) is 1. The smallest absolute Gasteiger partial charge is 0.0726 e. The van der Waals surface area contributed by atoms with Crippen LogP contribution in [-0.2, 0) is 5.41 Å². The molecular weight excluding hydrogens is 747 g/mol. The van der Waals surface area contributed by atoms with Crippen molar-refractivity contribution in [1.82, 2.24) is 0 Å². The highest BCUT2D eigenvalue weighted by atomic mass is 15.1. The van der Waals surface area contributed by atoms with Crippen LogP contribution in [0.15, 0.2) is 152 Å². The van der Waals surface area contributed by atoms with E-state index in [4.69, 9.17) is 0 Å². The first-order valence-corrected chi connectivity index (χ1v) is 25.2. The molecule has 0 saturated carbocycles. The largest absolute Gasteiger partial charge is 0.310 e. The second kappa shape index (κ2) is 44.2. The van der Waals surface area contributed by atoms with Gasteiger partial charge in [-0.1, -0.05) is 287 Å². The molecule has 0 aliphatic heterocycles. The van der Waals surface area contributed by atoms with Crippen LogP contribution in [0.2, 0.25) is 0 Å². The molecule has 0 N–H and O–H groups in total. The Hall–Kier alpha value is -4.88.